The second-order valence-electron chi connectivity index (χ2n) is 5.91. The molecule has 19 heavy (non-hydrogen) atoms. The molecule has 3 atom stereocenters. The molecule has 0 radical (unpaired) electrons. The largest absolute Gasteiger partial charge is 0.389 e. The lowest BCUT2D eigenvalue weighted by Gasteiger charge is -2.38. The van der Waals surface area contributed by atoms with E-state index in [0.717, 1.165) is 24.3 Å². The van der Waals surface area contributed by atoms with Gasteiger partial charge in [-0.05, 0) is 37.3 Å². The lowest BCUT2D eigenvalue weighted by atomic mass is 9.90. The number of aliphatic hydroxyl groups is 1. The predicted octanol–water partition coefficient (Wildman–Crippen LogP) is 3.09. The first kappa shape index (κ1) is 13.9. The second-order valence-corrected chi connectivity index (χ2v) is 5.91. The van der Waals surface area contributed by atoms with E-state index in [1.54, 1.807) is 13.0 Å². The molecule has 0 aliphatic carbocycles. The molecular weight excluding hydrogens is 236 g/mol. The third-order valence-electron chi connectivity index (χ3n) is 3.82. The summed E-state index contributed by atoms with van der Waals surface area (Å²) >= 11 is 0. The summed E-state index contributed by atoms with van der Waals surface area (Å²) in [6.07, 6.45) is 0.744. The Labute approximate surface area is 115 Å². The topological polar surface area (TPSA) is 47.3 Å². The Morgan fingerprint density at radius 2 is 1.95 bits per heavy atom. The van der Waals surface area contributed by atoms with Crippen LogP contribution >= 0.6 is 0 Å². The fraction of sp³-hybridized carbons (Fsp3) is 0.562. The number of hydrogen-bond acceptors (Lipinski definition) is 3. The third-order valence-corrected chi connectivity index (χ3v) is 3.82. The van der Waals surface area contributed by atoms with E-state index in [0.29, 0.717) is 17.4 Å². The highest BCUT2D eigenvalue weighted by molar-refractivity contribution is 5.58. The second kappa shape index (κ2) is 5.63. The summed E-state index contributed by atoms with van der Waals surface area (Å²) < 4.78 is 0. The minimum absolute atomic E-state index is 0.504. The molecule has 0 aromatic heterocycles. The van der Waals surface area contributed by atoms with E-state index in [2.05, 4.69) is 24.8 Å². The number of aliphatic hydroxyl groups excluding tert-OH is 1. The summed E-state index contributed by atoms with van der Waals surface area (Å²) in [7, 11) is 0. The minimum atomic E-state index is -0.504. The van der Waals surface area contributed by atoms with Gasteiger partial charge in [0.2, 0.25) is 0 Å². The maximum atomic E-state index is 9.92. The van der Waals surface area contributed by atoms with Gasteiger partial charge in [-0.1, -0.05) is 19.9 Å². The Kier molecular flexibility index (Phi) is 4.11. The Morgan fingerprint density at radius 3 is 2.47 bits per heavy atom. The van der Waals surface area contributed by atoms with E-state index in [1.807, 2.05) is 12.1 Å². The number of piperidine rings is 1. The van der Waals surface area contributed by atoms with E-state index < -0.39 is 6.10 Å². The summed E-state index contributed by atoms with van der Waals surface area (Å²) in [5, 5.41) is 19.0. The van der Waals surface area contributed by atoms with Crippen molar-refractivity contribution in [1.82, 2.24) is 0 Å². The molecule has 0 saturated carbocycles. The number of anilines is 1. The zero-order valence-corrected chi connectivity index (χ0v) is 11.9. The molecule has 1 aromatic rings. The molecule has 1 heterocycles. The van der Waals surface area contributed by atoms with Crippen LogP contribution in [-0.4, -0.2) is 18.2 Å². The third kappa shape index (κ3) is 3.08. The normalized spacial score (nSPS) is 24.9. The molecule has 2 rings (SSSR count). The van der Waals surface area contributed by atoms with Crippen molar-refractivity contribution >= 4 is 5.69 Å². The van der Waals surface area contributed by atoms with Gasteiger partial charge < -0.3 is 10.0 Å². The molecular formula is C16H22N2O. The monoisotopic (exact) mass is 258 g/mol. The standard InChI is InChI=1S/C16H22N2O/c1-11-6-12(2)10-18(9-11)16-7-14(8-17)4-5-15(16)13(3)19/h4-5,7,11-13,19H,6,9-10H2,1-3H3/t11?,12?,13-/m1/s1. The molecule has 3 heteroatoms. The highest BCUT2D eigenvalue weighted by Crippen LogP contribution is 2.32. The highest BCUT2D eigenvalue weighted by Gasteiger charge is 2.24. The summed E-state index contributed by atoms with van der Waals surface area (Å²) in [6.45, 7) is 8.30. The van der Waals surface area contributed by atoms with Gasteiger partial charge in [-0.3, -0.25) is 0 Å². The van der Waals surface area contributed by atoms with Crippen molar-refractivity contribution in [2.45, 2.75) is 33.3 Å². The van der Waals surface area contributed by atoms with Crippen molar-refractivity contribution in [3.8, 4) is 6.07 Å². The fourth-order valence-corrected chi connectivity index (χ4v) is 3.10. The van der Waals surface area contributed by atoms with Crippen molar-refractivity contribution in [1.29, 1.82) is 5.26 Å². The van der Waals surface area contributed by atoms with E-state index in [4.69, 9.17) is 5.26 Å². The molecule has 1 saturated heterocycles. The summed E-state index contributed by atoms with van der Waals surface area (Å²) in [6, 6.07) is 7.75. The Bertz CT molecular complexity index is 480. The zero-order chi connectivity index (χ0) is 14.0. The molecule has 102 valence electrons. The van der Waals surface area contributed by atoms with Gasteiger partial charge in [0.05, 0.1) is 17.7 Å². The predicted molar refractivity (Wildman–Crippen MR) is 76.9 cm³/mol. The lowest BCUT2D eigenvalue weighted by molar-refractivity contribution is 0.199. The van der Waals surface area contributed by atoms with Crippen molar-refractivity contribution < 1.29 is 5.11 Å². The van der Waals surface area contributed by atoms with Gasteiger partial charge in [-0.15, -0.1) is 0 Å². The number of rotatable bonds is 2. The van der Waals surface area contributed by atoms with Crippen LogP contribution in [0.25, 0.3) is 0 Å². The van der Waals surface area contributed by atoms with Gasteiger partial charge in [-0.25, -0.2) is 0 Å². The van der Waals surface area contributed by atoms with Crippen LogP contribution in [0.2, 0.25) is 0 Å². The van der Waals surface area contributed by atoms with Crippen LogP contribution < -0.4 is 4.90 Å². The summed E-state index contributed by atoms with van der Waals surface area (Å²) in [5.41, 5.74) is 2.60. The van der Waals surface area contributed by atoms with Gasteiger partial charge in [0.15, 0.2) is 0 Å². The number of nitrogens with zero attached hydrogens (tertiary/aromatic N) is 2. The lowest BCUT2D eigenvalue weighted by Crippen LogP contribution is -2.39. The van der Waals surface area contributed by atoms with Crippen molar-refractivity contribution in [3.05, 3.63) is 29.3 Å². The smallest absolute Gasteiger partial charge is 0.0992 e. The van der Waals surface area contributed by atoms with Gasteiger partial charge in [0.1, 0.15) is 0 Å². The first-order valence-corrected chi connectivity index (χ1v) is 6.98. The minimum Gasteiger partial charge on any atom is -0.389 e. The van der Waals surface area contributed by atoms with E-state index in [9.17, 15) is 5.11 Å². The maximum absolute atomic E-state index is 9.92. The molecule has 0 spiro atoms. The first-order valence-electron chi connectivity index (χ1n) is 6.98. The number of benzene rings is 1. The molecule has 1 aliphatic heterocycles. The fourth-order valence-electron chi connectivity index (χ4n) is 3.10. The Morgan fingerprint density at radius 1 is 1.32 bits per heavy atom. The first-order chi connectivity index (χ1) is 9.01. The number of nitriles is 1. The van der Waals surface area contributed by atoms with Crippen LogP contribution in [0.5, 0.6) is 0 Å². The van der Waals surface area contributed by atoms with Gasteiger partial charge >= 0.3 is 0 Å². The molecule has 1 aromatic carbocycles. The van der Waals surface area contributed by atoms with Gasteiger partial charge in [0, 0.05) is 24.3 Å². The molecule has 1 N–H and O–H groups in total. The van der Waals surface area contributed by atoms with E-state index >= 15 is 0 Å². The number of hydrogen-bond donors (Lipinski definition) is 1. The molecule has 2 unspecified atom stereocenters. The maximum Gasteiger partial charge on any atom is 0.0992 e. The van der Waals surface area contributed by atoms with Gasteiger partial charge in [0.25, 0.3) is 0 Å². The Hall–Kier alpha value is -1.53. The van der Waals surface area contributed by atoms with Crippen LogP contribution in [0.1, 0.15) is 44.4 Å². The van der Waals surface area contributed by atoms with Crippen LogP contribution in [-0.2, 0) is 0 Å². The summed E-state index contributed by atoms with van der Waals surface area (Å²) in [5.74, 6) is 1.30. The SMILES string of the molecule is CC1CC(C)CN(c2cc(C#N)ccc2[C@@H](C)O)C1. The van der Waals surface area contributed by atoms with Crippen LogP contribution in [0.3, 0.4) is 0 Å². The Balaban J connectivity index is 2.38. The quantitative estimate of drug-likeness (QED) is 0.886. The highest BCUT2D eigenvalue weighted by atomic mass is 16.3. The van der Waals surface area contributed by atoms with E-state index in [-0.39, 0.29) is 0 Å². The molecule has 0 bridgehead atoms. The molecule has 0 amide bonds. The van der Waals surface area contributed by atoms with Crippen LogP contribution in [0.4, 0.5) is 5.69 Å². The van der Waals surface area contributed by atoms with Gasteiger partial charge in [-0.2, -0.15) is 5.26 Å². The summed E-state index contributed by atoms with van der Waals surface area (Å²) in [4.78, 5) is 2.32. The van der Waals surface area contributed by atoms with Crippen LogP contribution in [0.15, 0.2) is 18.2 Å². The van der Waals surface area contributed by atoms with Crippen molar-refractivity contribution in [2.24, 2.45) is 11.8 Å². The molecule has 1 fully saturated rings. The van der Waals surface area contributed by atoms with Crippen LogP contribution in [0, 0.1) is 23.2 Å². The van der Waals surface area contributed by atoms with Crippen molar-refractivity contribution in [3.63, 3.8) is 0 Å². The average molecular weight is 258 g/mol. The zero-order valence-electron chi connectivity index (χ0n) is 11.9. The molecule has 1 aliphatic rings. The average Bonchev–Trinajstić information content (AvgIpc) is 2.36. The molecule has 3 nitrogen and oxygen atoms in total. The van der Waals surface area contributed by atoms with E-state index in [1.165, 1.54) is 6.42 Å². The van der Waals surface area contributed by atoms with Crippen molar-refractivity contribution in [2.75, 3.05) is 18.0 Å².